The number of methoxy groups -OCH3 is 1. The van der Waals surface area contributed by atoms with E-state index < -0.39 is 24.6 Å². The summed E-state index contributed by atoms with van der Waals surface area (Å²) in [7, 11) is 1.46. The Morgan fingerprint density at radius 3 is 2.07 bits per heavy atom. The van der Waals surface area contributed by atoms with E-state index in [1.807, 2.05) is 0 Å². The van der Waals surface area contributed by atoms with Crippen molar-refractivity contribution in [1.82, 2.24) is 0 Å². The monoisotopic (exact) mass is 480 g/mol. The molecule has 1 aliphatic heterocycles. The molecule has 0 amide bonds. The SMILES string of the molecule is CO[C@@H]1O[C@H](COCc2ccc(Cl)cc2Cl)[C@H](OCc2ccc(Cl)cc2Cl)[C@@H]1O. The van der Waals surface area contributed by atoms with Crippen LogP contribution in [0.1, 0.15) is 11.1 Å². The molecule has 0 unspecified atom stereocenters. The predicted molar refractivity (Wildman–Crippen MR) is 113 cm³/mol. The van der Waals surface area contributed by atoms with Crippen molar-refractivity contribution in [1.29, 1.82) is 0 Å². The molecule has 1 aliphatic rings. The van der Waals surface area contributed by atoms with Gasteiger partial charge in [-0.1, -0.05) is 58.5 Å². The van der Waals surface area contributed by atoms with Crippen LogP contribution in [0, 0.1) is 0 Å². The van der Waals surface area contributed by atoms with Crippen LogP contribution in [0.15, 0.2) is 36.4 Å². The molecule has 158 valence electrons. The number of benzene rings is 2. The van der Waals surface area contributed by atoms with E-state index in [0.717, 1.165) is 11.1 Å². The molecule has 1 N–H and O–H groups in total. The summed E-state index contributed by atoms with van der Waals surface area (Å²) < 4.78 is 22.6. The van der Waals surface area contributed by atoms with E-state index in [4.69, 9.17) is 65.4 Å². The van der Waals surface area contributed by atoms with Crippen molar-refractivity contribution in [2.24, 2.45) is 0 Å². The summed E-state index contributed by atoms with van der Waals surface area (Å²) >= 11 is 24.2. The Hall–Kier alpha value is -0.600. The largest absolute Gasteiger partial charge is 0.385 e. The first-order valence-corrected chi connectivity index (χ1v) is 10.3. The van der Waals surface area contributed by atoms with Crippen molar-refractivity contribution in [2.45, 2.75) is 37.8 Å². The zero-order valence-electron chi connectivity index (χ0n) is 15.5. The van der Waals surface area contributed by atoms with Gasteiger partial charge in [-0.15, -0.1) is 0 Å². The molecule has 2 aromatic carbocycles. The molecule has 3 rings (SSSR count). The molecule has 9 heteroatoms. The average molecular weight is 482 g/mol. The maximum Gasteiger partial charge on any atom is 0.186 e. The third-order valence-corrected chi connectivity index (χ3v) is 5.70. The Bertz CT molecular complexity index is 835. The fraction of sp³-hybridized carbons (Fsp3) is 0.400. The van der Waals surface area contributed by atoms with Crippen LogP contribution in [0.4, 0.5) is 0 Å². The maximum absolute atomic E-state index is 10.5. The summed E-state index contributed by atoms with van der Waals surface area (Å²) in [5.74, 6) is 0. The molecule has 2 aromatic rings. The quantitative estimate of drug-likeness (QED) is 0.566. The summed E-state index contributed by atoms with van der Waals surface area (Å²) in [6.45, 7) is 0.616. The van der Waals surface area contributed by atoms with Crippen molar-refractivity contribution in [2.75, 3.05) is 13.7 Å². The van der Waals surface area contributed by atoms with Crippen LogP contribution in [-0.2, 0) is 32.2 Å². The van der Waals surface area contributed by atoms with Crippen LogP contribution in [-0.4, -0.2) is 43.4 Å². The van der Waals surface area contributed by atoms with E-state index in [2.05, 4.69) is 0 Å². The lowest BCUT2D eigenvalue weighted by atomic mass is 10.1. The van der Waals surface area contributed by atoms with E-state index in [1.165, 1.54) is 7.11 Å². The number of aliphatic hydroxyl groups is 1. The summed E-state index contributed by atoms with van der Waals surface area (Å²) in [4.78, 5) is 0. The maximum atomic E-state index is 10.5. The van der Waals surface area contributed by atoms with Crippen LogP contribution in [0.2, 0.25) is 20.1 Å². The molecular formula is C20H20Cl4O5. The van der Waals surface area contributed by atoms with Crippen LogP contribution in [0.5, 0.6) is 0 Å². The molecule has 1 heterocycles. The second-order valence-electron chi connectivity index (χ2n) is 6.53. The molecule has 0 saturated carbocycles. The highest BCUT2D eigenvalue weighted by Crippen LogP contribution is 2.28. The lowest BCUT2D eigenvalue weighted by molar-refractivity contribution is -0.156. The second-order valence-corrected chi connectivity index (χ2v) is 8.22. The Labute approximate surface area is 189 Å². The van der Waals surface area contributed by atoms with E-state index >= 15 is 0 Å². The van der Waals surface area contributed by atoms with Crippen LogP contribution < -0.4 is 0 Å². The fourth-order valence-electron chi connectivity index (χ4n) is 2.99. The molecule has 29 heavy (non-hydrogen) atoms. The summed E-state index contributed by atoms with van der Waals surface area (Å²) in [5.41, 5.74) is 1.54. The highest BCUT2D eigenvalue weighted by Gasteiger charge is 2.45. The Morgan fingerprint density at radius 2 is 1.52 bits per heavy atom. The third-order valence-electron chi connectivity index (χ3n) is 4.52. The first-order valence-electron chi connectivity index (χ1n) is 8.82. The van der Waals surface area contributed by atoms with Gasteiger partial charge >= 0.3 is 0 Å². The molecular weight excluding hydrogens is 462 g/mol. The van der Waals surface area contributed by atoms with Gasteiger partial charge in [0.15, 0.2) is 6.29 Å². The van der Waals surface area contributed by atoms with Gasteiger partial charge in [0.2, 0.25) is 0 Å². The lowest BCUT2D eigenvalue weighted by Gasteiger charge is -2.21. The minimum atomic E-state index is -0.973. The van der Waals surface area contributed by atoms with Gasteiger partial charge in [-0.3, -0.25) is 0 Å². The summed E-state index contributed by atoms with van der Waals surface area (Å²) in [6, 6.07) is 10.3. The van der Waals surface area contributed by atoms with Crippen molar-refractivity contribution in [3.63, 3.8) is 0 Å². The van der Waals surface area contributed by atoms with Gasteiger partial charge in [0.25, 0.3) is 0 Å². The van der Waals surface area contributed by atoms with Crippen LogP contribution >= 0.6 is 46.4 Å². The van der Waals surface area contributed by atoms with E-state index in [0.29, 0.717) is 20.1 Å². The third kappa shape index (κ3) is 5.97. The highest BCUT2D eigenvalue weighted by molar-refractivity contribution is 6.35. The first kappa shape index (κ1) is 23.1. The number of hydrogen-bond acceptors (Lipinski definition) is 5. The Kier molecular flexibility index (Phi) is 8.45. The van der Waals surface area contributed by atoms with Gasteiger partial charge in [-0.25, -0.2) is 0 Å². The van der Waals surface area contributed by atoms with Crippen molar-refractivity contribution in [3.05, 3.63) is 67.6 Å². The smallest absolute Gasteiger partial charge is 0.186 e. The molecule has 0 spiro atoms. The van der Waals surface area contributed by atoms with Gasteiger partial charge in [0.1, 0.15) is 18.3 Å². The minimum absolute atomic E-state index is 0.175. The zero-order valence-corrected chi connectivity index (χ0v) is 18.5. The number of rotatable bonds is 8. The Morgan fingerprint density at radius 1 is 0.931 bits per heavy atom. The van der Waals surface area contributed by atoms with Crippen molar-refractivity contribution >= 4 is 46.4 Å². The number of hydrogen-bond donors (Lipinski definition) is 1. The summed E-state index contributed by atoms with van der Waals surface area (Å²) in [5, 5.41) is 12.6. The predicted octanol–water partition coefficient (Wildman–Crippen LogP) is 5.13. The van der Waals surface area contributed by atoms with Gasteiger partial charge in [0, 0.05) is 27.2 Å². The van der Waals surface area contributed by atoms with Crippen molar-refractivity contribution in [3.8, 4) is 0 Å². The van der Waals surface area contributed by atoms with Crippen LogP contribution in [0.3, 0.4) is 0 Å². The number of halogens is 4. The molecule has 0 bridgehead atoms. The Balaban J connectivity index is 1.60. The highest BCUT2D eigenvalue weighted by atomic mass is 35.5. The molecule has 1 fully saturated rings. The average Bonchev–Trinajstić information content (AvgIpc) is 2.98. The van der Waals surface area contributed by atoms with Crippen molar-refractivity contribution < 1.29 is 24.1 Å². The molecule has 0 aromatic heterocycles. The molecule has 4 atom stereocenters. The van der Waals surface area contributed by atoms with Gasteiger partial charge in [0.05, 0.1) is 19.8 Å². The second kappa shape index (κ2) is 10.6. The molecule has 0 aliphatic carbocycles. The fourth-order valence-corrected chi connectivity index (χ4v) is 3.91. The molecule has 1 saturated heterocycles. The van der Waals surface area contributed by atoms with E-state index in [9.17, 15) is 5.11 Å². The van der Waals surface area contributed by atoms with E-state index in [1.54, 1.807) is 36.4 Å². The van der Waals surface area contributed by atoms with Gasteiger partial charge < -0.3 is 24.1 Å². The lowest BCUT2D eigenvalue weighted by Crippen LogP contribution is -2.37. The van der Waals surface area contributed by atoms with Crippen LogP contribution in [0.25, 0.3) is 0 Å². The van der Waals surface area contributed by atoms with E-state index in [-0.39, 0.29) is 19.8 Å². The molecule has 5 nitrogen and oxygen atoms in total. The van der Waals surface area contributed by atoms with Gasteiger partial charge in [-0.05, 0) is 35.4 Å². The standard InChI is InChI=1S/C20H20Cl4O5/c1-26-20-18(25)19(28-9-12-3-5-14(22)7-16(12)24)17(29-20)10-27-8-11-2-4-13(21)6-15(11)23/h2-7,17-20,25H,8-10H2,1H3/t17-,18+,19+,20-/m1/s1. The molecule has 0 radical (unpaired) electrons. The summed E-state index contributed by atoms with van der Waals surface area (Å²) in [6.07, 6.45) is -2.98. The zero-order chi connectivity index (χ0) is 21.0. The minimum Gasteiger partial charge on any atom is -0.385 e. The number of ether oxygens (including phenoxy) is 4. The van der Waals surface area contributed by atoms with Gasteiger partial charge in [-0.2, -0.15) is 0 Å². The number of aliphatic hydroxyl groups excluding tert-OH is 1. The normalized spacial score (nSPS) is 24.2. The first-order chi connectivity index (χ1) is 13.9. The topological polar surface area (TPSA) is 57.2 Å².